The number of piperazine rings is 1. The van der Waals surface area contributed by atoms with Crippen LogP contribution in [-0.4, -0.2) is 41.9 Å². The molecule has 0 spiro atoms. The number of carbonyl (C=O) groups is 1. The largest absolute Gasteiger partial charge is 0.362 e. The number of rotatable bonds is 3. The molecule has 0 saturated carbocycles. The van der Waals surface area contributed by atoms with Gasteiger partial charge in [0.15, 0.2) is 0 Å². The molecule has 2 aromatic rings. The first-order valence-electron chi connectivity index (χ1n) is 7.91. The van der Waals surface area contributed by atoms with E-state index in [2.05, 4.69) is 0 Å². The summed E-state index contributed by atoms with van der Waals surface area (Å²) in [7, 11) is 0. The summed E-state index contributed by atoms with van der Waals surface area (Å²) in [6.07, 6.45) is 0. The Morgan fingerprint density at radius 2 is 1.62 bits per heavy atom. The molecule has 1 heterocycles. The lowest BCUT2D eigenvalue weighted by Gasteiger charge is -2.36. The Hall–Kier alpha value is -2.89. The molecule has 1 aliphatic rings. The third kappa shape index (κ3) is 3.08. The number of nitro groups is 1. The van der Waals surface area contributed by atoms with Gasteiger partial charge in [0.25, 0.3) is 11.6 Å². The van der Waals surface area contributed by atoms with Gasteiger partial charge in [0.2, 0.25) is 0 Å². The molecule has 24 heavy (non-hydrogen) atoms. The Labute approximate surface area is 140 Å². The lowest BCUT2D eigenvalue weighted by atomic mass is 10.1. The summed E-state index contributed by atoms with van der Waals surface area (Å²) in [4.78, 5) is 27.2. The van der Waals surface area contributed by atoms with Gasteiger partial charge in [-0.3, -0.25) is 14.9 Å². The van der Waals surface area contributed by atoms with Crippen LogP contribution in [0.3, 0.4) is 0 Å². The summed E-state index contributed by atoms with van der Waals surface area (Å²) in [6.45, 7) is 4.21. The average molecular weight is 325 g/mol. The third-order valence-corrected chi connectivity index (χ3v) is 4.36. The van der Waals surface area contributed by atoms with Crippen LogP contribution in [0, 0.1) is 17.0 Å². The van der Waals surface area contributed by atoms with Crippen molar-refractivity contribution in [3.63, 3.8) is 0 Å². The monoisotopic (exact) mass is 325 g/mol. The van der Waals surface area contributed by atoms with E-state index in [0.29, 0.717) is 31.9 Å². The minimum atomic E-state index is -0.361. The lowest BCUT2D eigenvalue weighted by molar-refractivity contribution is -0.384. The van der Waals surface area contributed by atoms with E-state index in [-0.39, 0.29) is 16.5 Å². The highest BCUT2D eigenvalue weighted by Crippen LogP contribution is 2.28. The quantitative estimate of drug-likeness (QED) is 0.643. The number of benzene rings is 2. The zero-order valence-electron chi connectivity index (χ0n) is 13.5. The maximum Gasteiger partial charge on any atom is 0.292 e. The molecular weight excluding hydrogens is 306 g/mol. The number of nitro benzene ring substituents is 1. The van der Waals surface area contributed by atoms with Gasteiger partial charge < -0.3 is 9.80 Å². The van der Waals surface area contributed by atoms with Crippen LogP contribution in [-0.2, 0) is 0 Å². The molecule has 0 radical (unpaired) electrons. The summed E-state index contributed by atoms with van der Waals surface area (Å²) >= 11 is 0. The summed E-state index contributed by atoms with van der Waals surface area (Å²) in [5, 5.41) is 11.2. The molecule has 0 aliphatic carbocycles. The predicted molar refractivity (Wildman–Crippen MR) is 92.4 cm³/mol. The normalized spacial score (nSPS) is 14.5. The SMILES string of the molecule is Cc1ccccc1C(=O)N1CCN(c2ccccc2[N+](=O)[O-])CC1. The second kappa shape index (κ2) is 6.70. The molecule has 3 rings (SSSR count). The topological polar surface area (TPSA) is 66.7 Å². The van der Waals surface area contributed by atoms with Crippen molar-refractivity contribution >= 4 is 17.3 Å². The molecule has 124 valence electrons. The minimum Gasteiger partial charge on any atom is -0.362 e. The van der Waals surface area contributed by atoms with Crippen molar-refractivity contribution < 1.29 is 9.72 Å². The highest BCUT2D eigenvalue weighted by molar-refractivity contribution is 5.95. The van der Waals surface area contributed by atoms with E-state index in [1.165, 1.54) is 6.07 Å². The number of hydrogen-bond donors (Lipinski definition) is 0. The van der Waals surface area contributed by atoms with E-state index in [1.54, 1.807) is 18.2 Å². The van der Waals surface area contributed by atoms with E-state index in [9.17, 15) is 14.9 Å². The van der Waals surface area contributed by atoms with Crippen LogP contribution < -0.4 is 4.90 Å². The van der Waals surface area contributed by atoms with Gasteiger partial charge in [0.1, 0.15) is 5.69 Å². The minimum absolute atomic E-state index is 0.0234. The molecule has 6 heteroatoms. The van der Waals surface area contributed by atoms with Crippen LogP contribution in [0.1, 0.15) is 15.9 Å². The second-order valence-corrected chi connectivity index (χ2v) is 5.84. The third-order valence-electron chi connectivity index (χ3n) is 4.36. The Kier molecular flexibility index (Phi) is 4.46. The van der Waals surface area contributed by atoms with Crippen LogP contribution in [0.25, 0.3) is 0 Å². The van der Waals surface area contributed by atoms with Crippen LogP contribution >= 0.6 is 0 Å². The molecule has 1 amide bonds. The Morgan fingerprint density at radius 3 is 2.29 bits per heavy atom. The first kappa shape index (κ1) is 16.0. The maximum absolute atomic E-state index is 12.6. The van der Waals surface area contributed by atoms with Gasteiger partial charge in [-0.05, 0) is 24.6 Å². The fraction of sp³-hybridized carbons (Fsp3) is 0.278. The Balaban J connectivity index is 1.72. The molecule has 0 N–H and O–H groups in total. The highest BCUT2D eigenvalue weighted by atomic mass is 16.6. The standard InChI is InChI=1S/C18H19N3O3/c1-14-6-2-3-7-15(14)18(22)20-12-10-19(11-13-20)16-8-4-5-9-17(16)21(23)24/h2-9H,10-13H2,1H3. The maximum atomic E-state index is 12.6. The number of hydrogen-bond acceptors (Lipinski definition) is 4. The van der Waals surface area contributed by atoms with Crippen LogP contribution in [0.4, 0.5) is 11.4 Å². The first-order chi connectivity index (χ1) is 11.6. The van der Waals surface area contributed by atoms with Gasteiger partial charge in [0.05, 0.1) is 4.92 Å². The van der Waals surface area contributed by atoms with E-state index >= 15 is 0 Å². The zero-order valence-corrected chi connectivity index (χ0v) is 13.5. The Bertz CT molecular complexity index is 768. The molecule has 0 atom stereocenters. The molecule has 1 saturated heterocycles. The zero-order chi connectivity index (χ0) is 17.1. The fourth-order valence-electron chi connectivity index (χ4n) is 3.02. The molecule has 6 nitrogen and oxygen atoms in total. The summed E-state index contributed by atoms with van der Waals surface area (Å²) < 4.78 is 0. The molecule has 2 aromatic carbocycles. The fourth-order valence-corrected chi connectivity index (χ4v) is 3.02. The smallest absolute Gasteiger partial charge is 0.292 e. The van der Waals surface area contributed by atoms with Crippen molar-refractivity contribution in [3.05, 3.63) is 69.8 Å². The van der Waals surface area contributed by atoms with E-state index < -0.39 is 0 Å². The van der Waals surface area contributed by atoms with Gasteiger partial charge >= 0.3 is 0 Å². The number of para-hydroxylation sites is 2. The molecule has 0 aromatic heterocycles. The van der Waals surface area contributed by atoms with Crippen molar-refractivity contribution in [2.75, 3.05) is 31.1 Å². The predicted octanol–water partition coefficient (Wildman–Crippen LogP) is 2.87. The molecule has 1 fully saturated rings. The Morgan fingerprint density at radius 1 is 1.00 bits per heavy atom. The summed E-state index contributed by atoms with van der Waals surface area (Å²) in [6, 6.07) is 14.3. The van der Waals surface area contributed by atoms with Gasteiger partial charge in [0, 0.05) is 37.8 Å². The van der Waals surface area contributed by atoms with Crippen LogP contribution in [0.5, 0.6) is 0 Å². The lowest BCUT2D eigenvalue weighted by Crippen LogP contribution is -2.49. The number of carbonyl (C=O) groups excluding carboxylic acids is 1. The van der Waals surface area contributed by atoms with Crippen molar-refractivity contribution in [2.45, 2.75) is 6.92 Å². The van der Waals surface area contributed by atoms with Crippen molar-refractivity contribution in [1.82, 2.24) is 4.90 Å². The van der Waals surface area contributed by atoms with Gasteiger partial charge in [-0.2, -0.15) is 0 Å². The summed E-state index contributed by atoms with van der Waals surface area (Å²) in [5.41, 5.74) is 2.40. The highest BCUT2D eigenvalue weighted by Gasteiger charge is 2.26. The van der Waals surface area contributed by atoms with Crippen molar-refractivity contribution in [3.8, 4) is 0 Å². The number of nitrogens with zero attached hydrogens (tertiary/aromatic N) is 3. The summed E-state index contributed by atoms with van der Waals surface area (Å²) in [5.74, 6) is 0.0234. The van der Waals surface area contributed by atoms with Crippen molar-refractivity contribution in [2.24, 2.45) is 0 Å². The number of amides is 1. The molecule has 1 aliphatic heterocycles. The molecular formula is C18H19N3O3. The van der Waals surface area contributed by atoms with E-state index in [4.69, 9.17) is 0 Å². The van der Waals surface area contributed by atoms with Gasteiger partial charge in [-0.25, -0.2) is 0 Å². The van der Waals surface area contributed by atoms with Crippen LogP contribution in [0.2, 0.25) is 0 Å². The second-order valence-electron chi connectivity index (χ2n) is 5.84. The van der Waals surface area contributed by atoms with Gasteiger partial charge in [-0.1, -0.05) is 30.3 Å². The van der Waals surface area contributed by atoms with Crippen molar-refractivity contribution in [1.29, 1.82) is 0 Å². The number of aryl methyl sites for hydroxylation is 1. The van der Waals surface area contributed by atoms with Gasteiger partial charge in [-0.15, -0.1) is 0 Å². The number of anilines is 1. The first-order valence-corrected chi connectivity index (χ1v) is 7.91. The average Bonchev–Trinajstić information content (AvgIpc) is 2.62. The molecule has 0 unspecified atom stereocenters. The van der Waals surface area contributed by atoms with E-state index in [1.807, 2.05) is 41.0 Å². The molecule has 0 bridgehead atoms. The van der Waals surface area contributed by atoms with Crippen LogP contribution in [0.15, 0.2) is 48.5 Å². The van der Waals surface area contributed by atoms with E-state index in [0.717, 1.165) is 11.1 Å².